The first-order valence-electron chi connectivity index (χ1n) is 9.82. The van der Waals surface area contributed by atoms with Crippen molar-refractivity contribution in [3.8, 4) is 11.3 Å². The fraction of sp³-hybridized carbons (Fsp3) is 0.409. The molecule has 0 unspecified atom stereocenters. The van der Waals surface area contributed by atoms with Crippen molar-refractivity contribution < 1.29 is 4.79 Å². The van der Waals surface area contributed by atoms with Crippen molar-refractivity contribution in [2.75, 3.05) is 14.1 Å². The van der Waals surface area contributed by atoms with Gasteiger partial charge in [0.25, 0.3) is 0 Å². The minimum atomic E-state index is 0.152. The number of fused-ring (bicyclic) bond motifs is 1. The summed E-state index contributed by atoms with van der Waals surface area (Å²) >= 11 is 0. The van der Waals surface area contributed by atoms with Gasteiger partial charge in [0.05, 0.1) is 29.5 Å². The minimum Gasteiger partial charge on any atom is -0.306 e. The van der Waals surface area contributed by atoms with Crippen LogP contribution in [-0.4, -0.2) is 51.0 Å². The standard InChI is InChI=1S/C22H25N5O/c1-27(2)19-6-3-15(4-7-19)22(28)13-18-12-17-11-16(5-8-20(17)26-25-18)21-14-23-9-10-24-21/h5,8-12,14-15,19H,3-4,6-7,13H2,1-2H3. The van der Waals surface area contributed by atoms with E-state index in [1.165, 1.54) is 0 Å². The SMILES string of the molecule is CN(C)C1CCC(C(=O)Cc2cc3cc(-c4cnccn4)ccc3nn2)CC1. The van der Waals surface area contributed by atoms with E-state index in [0.717, 1.165) is 53.5 Å². The molecule has 28 heavy (non-hydrogen) atoms. The maximum Gasteiger partial charge on any atom is 0.141 e. The number of hydrogen-bond acceptors (Lipinski definition) is 6. The molecule has 2 aromatic heterocycles. The summed E-state index contributed by atoms with van der Waals surface area (Å²) in [7, 11) is 4.24. The Hall–Kier alpha value is -2.73. The van der Waals surface area contributed by atoms with E-state index in [4.69, 9.17) is 0 Å². The van der Waals surface area contributed by atoms with Crippen LogP contribution in [0.4, 0.5) is 0 Å². The maximum atomic E-state index is 12.8. The van der Waals surface area contributed by atoms with Gasteiger partial charge in [-0.3, -0.25) is 14.8 Å². The van der Waals surface area contributed by atoms with Gasteiger partial charge in [-0.25, -0.2) is 0 Å². The van der Waals surface area contributed by atoms with Crippen molar-refractivity contribution in [1.29, 1.82) is 0 Å². The molecule has 1 aliphatic rings. The highest BCUT2D eigenvalue weighted by Crippen LogP contribution is 2.28. The quantitative estimate of drug-likeness (QED) is 0.681. The van der Waals surface area contributed by atoms with Gasteiger partial charge in [-0.15, -0.1) is 0 Å². The third kappa shape index (κ3) is 4.07. The fourth-order valence-corrected chi connectivity index (χ4v) is 4.02. The Bertz CT molecular complexity index is 965. The summed E-state index contributed by atoms with van der Waals surface area (Å²) in [5.74, 6) is 0.440. The van der Waals surface area contributed by atoms with Crippen molar-refractivity contribution in [2.24, 2.45) is 5.92 Å². The minimum absolute atomic E-state index is 0.152. The molecule has 0 spiro atoms. The van der Waals surface area contributed by atoms with Gasteiger partial charge in [-0.05, 0) is 58.0 Å². The summed E-state index contributed by atoms with van der Waals surface area (Å²) in [4.78, 5) is 23.5. The summed E-state index contributed by atoms with van der Waals surface area (Å²) in [5.41, 5.74) is 3.35. The Morgan fingerprint density at radius 2 is 1.89 bits per heavy atom. The summed E-state index contributed by atoms with van der Waals surface area (Å²) in [6.07, 6.45) is 9.56. The molecule has 6 nitrogen and oxygen atoms in total. The predicted molar refractivity (Wildman–Crippen MR) is 109 cm³/mol. The van der Waals surface area contributed by atoms with Crippen LogP contribution in [0.25, 0.3) is 22.2 Å². The van der Waals surface area contributed by atoms with Crippen LogP contribution in [0.2, 0.25) is 0 Å². The van der Waals surface area contributed by atoms with Gasteiger partial charge in [0.1, 0.15) is 5.78 Å². The Kier molecular flexibility index (Phi) is 5.39. The van der Waals surface area contributed by atoms with Crippen molar-refractivity contribution in [2.45, 2.75) is 38.1 Å². The summed E-state index contributed by atoms with van der Waals surface area (Å²) < 4.78 is 0. The van der Waals surface area contributed by atoms with Gasteiger partial charge in [-0.2, -0.15) is 10.2 Å². The molecule has 0 amide bonds. The average Bonchev–Trinajstić information content (AvgIpc) is 2.74. The highest BCUT2D eigenvalue weighted by molar-refractivity contribution is 5.86. The van der Waals surface area contributed by atoms with E-state index in [1.54, 1.807) is 18.6 Å². The number of carbonyl (C=O) groups excluding carboxylic acids is 1. The van der Waals surface area contributed by atoms with Crippen molar-refractivity contribution in [1.82, 2.24) is 25.1 Å². The second-order valence-corrected chi connectivity index (χ2v) is 7.81. The molecule has 1 aromatic carbocycles. The number of nitrogens with zero attached hydrogens (tertiary/aromatic N) is 5. The lowest BCUT2D eigenvalue weighted by molar-refractivity contribution is -0.123. The number of benzene rings is 1. The van der Waals surface area contributed by atoms with Crippen LogP contribution in [-0.2, 0) is 11.2 Å². The van der Waals surface area contributed by atoms with Crippen LogP contribution in [0, 0.1) is 5.92 Å². The van der Waals surface area contributed by atoms with Gasteiger partial charge in [0.2, 0.25) is 0 Å². The van der Waals surface area contributed by atoms with Crippen molar-refractivity contribution >= 4 is 16.7 Å². The summed E-state index contributed by atoms with van der Waals surface area (Å²) in [6, 6.07) is 8.51. The molecule has 1 saturated carbocycles. The normalized spacial score (nSPS) is 19.8. The van der Waals surface area contributed by atoms with E-state index < -0.39 is 0 Å². The highest BCUT2D eigenvalue weighted by Gasteiger charge is 2.27. The van der Waals surface area contributed by atoms with E-state index in [9.17, 15) is 4.79 Å². The first kappa shape index (κ1) is 18.6. The van der Waals surface area contributed by atoms with Gasteiger partial charge >= 0.3 is 0 Å². The highest BCUT2D eigenvalue weighted by atomic mass is 16.1. The van der Waals surface area contributed by atoms with E-state index in [1.807, 2.05) is 24.3 Å². The second-order valence-electron chi connectivity index (χ2n) is 7.81. The lowest BCUT2D eigenvalue weighted by atomic mass is 9.82. The number of rotatable bonds is 5. The largest absolute Gasteiger partial charge is 0.306 e. The van der Waals surface area contributed by atoms with E-state index >= 15 is 0 Å². The molecule has 1 fully saturated rings. The molecule has 1 aliphatic carbocycles. The zero-order valence-corrected chi connectivity index (χ0v) is 16.4. The molecule has 0 atom stereocenters. The molecule has 0 N–H and O–H groups in total. The Morgan fingerprint density at radius 3 is 2.61 bits per heavy atom. The molecule has 0 saturated heterocycles. The van der Waals surface area contributed by atoms with Gasteiger partial charge < -0.3 is 4.90 Å². The molecule has 4 rings (SSSR count). The van der Waals surface area contributed by atoms with Crippen LogP contribution < -0.4 is 0 Å². The van der Waals surface area contributed by atoms with Crippen LogP contribution in [0.3, 0.4) is 0 Å². The third-order valence-electron chi connectivity index (χ3n) is 5.73. The zero-order chi connectivity index (χ0) is 19.5. The third-order valence-corrected chi connectivity index (χ3v) is 5.73. The monoisotopic (exact) mass is 375 g/mol. The summed E-state index contributed by atoms with van der Waals surface area (Å²) in [6.45, 7) is 0. The molecule has 0 radical (unpaired) electrons. The van der Waals surface area contributed by atoms with Crippen LogP contribution in [0.1, 0.15) is 31.4 Å². The van der Waals surface area contributed by atoms with Crippen LogP contribution in [0.5, 0.6) is 0 Å². The molecule has 3 aromatic rings. The fourth-order valence-electron chi connectivity index (χ4n) is 4.02. The van der Waals surface area contributed by atoms with Crippen LogP contribution in [0.15, 0.2) is 42.9 Å². The van der Waals surface area contributed by atoms with Gasteiger partial charge in [0, 0.05) is 35.3 Å². The van der Waals surface area contributed by atoms with Crippen LogP contribution >= 0.6 is 0 Å². The Morgan fingerprint density at radius 1 is 1.07 bits per heavy atom. The molecule has 0 bridgehead atoms. The van der Waals surface area contributed by atoms with Crippen molar-refractivity contribution in [3.05, 3.63) is 48.5 Å². The Labute approximate surface area is 165 Å². The molecule has 0 aliphatic heterocycles. The molecule has 2 heterocycles. The number of hydrogen-bond donors (Lipinski definition) is 0. The average molecular weight is 375 g/mol. The Balaban J connectivity index is 1.49. The molecule has 144 valence electrons. The molecular formula is C22H25N5O. The number of aromatic nitrogens is 4. The van der Waals surface area contributed by atoms with E-state index in [0.29, 0.717) is 12.5 Å². The second kappa shape index (κ2) is 8.10. The van der Waals surface area contributed by atoms with E-state index in [-0.39, 0.29) is 11.7 Å². The predicted octanol–water partition coefficient (Wildman–Crippen LogP) is 3.32. The summed E-state index contributed by atoms with van der Waals surface area (Å²) in [5, 5.41) is 9.55. The first-order chi connectivity index (χ1) is 13.6. The lowest BCUT2D eigenvalue weighted by Crippen LogP contribution is -2.34. The topological polar surface area (TPSA) is 71.9 Å². The molecule has 6 heteroatoms. The van der Waals surface area contributed by atoms with Crippen molar-refractivity contribution in [3.63, 3.8) is 0 Å². The maximum absolute atomic E-state index is 12.8. The van der Waals surface area contributed by atoms with E-state index in [2.05, 4.69) is 39.2 Å². The smallest absolute Gasteiger partial charge is 0.141 e. The first-order valence-corrected chi connectivity index (χ1v) is 9.82. The lowest BCUT2D eigenvalue weighted by Gasteiger charge is -2.31. The van der Waals surface area contributed by atoms with Gasteiger partial charge in [0.15, 0.2) is 0 Å². The van der Waals surface area contributed by atoms with Gasteiger partial charge in [-0.1, -0.05) is 6.07 Å². The zero-order valence-electron chi connectivity index (χ0n) is 16.4. The number of ketones is 1. The number of carbonyl (C=O) groups is 1. The molecular weight excluding hydrogens is 350 g/mol. The number of Topliss-reactive ketones (excluding diaryl/α,β-unsaturated/α-hetero) is 1.